The van der Waals surface area contributed by atoms with Gasteiger partial charge in [-0.15, -0.1) is 8.57 Å². The maximum atomic E-state index is 12.9. The second kappa shape index (κ2) is 8.94. The molecular formula is C20H16F6N8O6S. The normalized spacial score (nSPS) is 23.1. The lowest BCUT2D eigenvalue weighted by atomic mass is 10.2. The van der Waals surface area contributed by atoms with E-state index < -0.39 is 58.0 Å². The Bertz CT molecular complexity index is 1490. The molecule has 2 atom stereocenters. The molecule has 0 saturated carbocycles. The third-order valence-corrected chi connectivity index (χ3v) is 7.25. The first-order valence-electron chi connectivity index (χ1n) is 11.6. The summed E-state index contributed by atoms with van der Waals surface area (Å²) in [5, 5.41) is 8.17. The Labute approximate surface area is 225 Å². The van der Waals surface area contributed by atoms with Crippen LogP contribution in [0.5, 0.6) is 0 Å². The van der Waals surface area contributed by atoms with Crippen LogP contribution in [0.1, 0.15) is 11.1 Å². The highest BCUT2D eigenvalue weighted by atomic mass is 32.3. The van der Waals surface area contributed by atoms with Crippen LogP contribution < -0.4 is 0 Å². The van der Waals surface area contributed by atoms with E-state index in [1.807, 2.05) is 0 Å². The molecule has 2 saturated heterocycles. The molecule has 14 nitrogen and oxygen atoms in total. The Morgan fingerprint density at radius 1 is 0.732 bits per heavy atom. The lowest BCUT2D eigenvalue weighted by Gasteiger charge is -2.22. The number of amides is 4. The Hall–Kier alpha value is -4.11. The van der Waals surface area contributed by atoms with E-state index in [4.69, 9.17) is 8.57 Å². The standard InChI is InChI=1S/C20H16F6N8O6S/c21-19(22,23)11-3-27-31(5-11)13-1-15-9-29(7-13)17(35)33(15)39-41(37,38)40-34-16-2-14(8-30(10-16)18(34)36)32-6-12(4-28-32)20(24,25)26/h1-6,15-16H,7-10H2. The molecule has 4 amide bonds. The first-order chi connectivity index (χ1) is 19.1. The van der Waals surface area contributed by atoms with Crippen molar-refractivity contribution in [2.24, 2.45) is 0 Å². The van der Waals surface area contributed by atoms with Crippen molar-refractivity contribution in [3.63, 3.8) is 0 Å². The van der Waals surface area contributed by atoms with Gasteiger partial charge in [-0.25, -0.2) is 19.0 Å². The third-order valence-electron chi connectivity index (χ3n) is 6.56. The van der Waals surface area contributed by atoms with E-state index in [-0.39, 0.29) is 37.6 Å². The highest BCUT2D eigenvalue weighted by molar-refractivity contribution is 7.81. The largest absolute Gasteiger partial charge is 0.442 e. The second-order valence-electron chi connectivity index (χ2n) is 9.33. The van der Waals surface area contributed by atoms with Gasteiger partial charge in [0.1, 0.15) is 12.1 Å². The molecule has 6 heterocycles. The van der Waals surface area contributed by atoms with Gasteiger partial charge in [0.15, 0.2) is 0 Å². The van der Waals surface area contributed by atoms with Crippen molar-refractivity contribution >= 4 is 33.9 Å². The van der Waals surface area contributed by atoms with Crippen molar-refractivity contribution in [3.8, 4) is 0 Å². The lowest BCUT2D eigenvalue weighted by Crippen LogP contribution is -2.40. The van der Waals surface area contributed by atoms with Gasteiger partial charge in [-0.3, -0.25) is 0 Å². The van der Waals surface area contributed by atoms with E-state index in [0.29, 0.717) is 34.9 Å². The van der Waals surface area contributed by atoms with Gasteiger partial charge in [-0.05, 0) is 12.2 Å². The molecule has 220 valence electrons. The predicted molar refractivity (Wildman–Crippen MR) is 119 cm³/mol. The van der Waals surface area contributed by atoms with Gasteiger partial charge in [0.05, 0.1) is 48.0 Å². The summed E-state index contributed by atoms with van der Waals surface area (Å²) in [5.41, 5.74) is -1.75. The van der Waals surface area contributed by atoms with Crippen LogP contribution in [-0.2, 0) is 31.3 Å². The highest BCUT2D eigenvalue weighted by Gasteiger charge is 2.48. The summed E-state index contributed by atoms with van der Waals surface area (Å²) in [5.74, 6) is 0. The van der Waals surface area contributed by atoms with Gasteiger partial charge >= 0.3 is 34.8 Å². The zero-order valence-corrected chi connectivity index (χ0v) is 21.0. The monoisotopic (exact) mass is 610 g/mol. The zero-order chi connectivity index (χ0) is 29.5. The van der Waals surface area contributed by atoms with E-state index in [9.17, 15) is 44.3 Å². The number of carbonyl (C=O) groups is 2. The molecular weight excluding hydrogens is 594 g/mol. The zero-order valence-electron chi connectivity index (χ0n) is 20.2. The minimum Gasteiger partial charge on any atom is -0.314 e. The van der Waals surface area contributed by atoms with Gasteiger partial charge in [0.25, 0.3) is 0 Å². The minimum atomic E-state index is -5.13. The summed E-state index contributed by atoms with van der Waals surface area (Å²) < 4.78 is 115. The van der Waals surface area contributed by atoms with E-state index in [0.717, 1.165) is 19.2 Å². The fourth-order valence-corrected chi connectivity index (χ4v) is 5.47. The smallest absolute Gasteiger partial charge is 0.314 e. The summed E-state index contributed by atoms with van der Waals surface area (Å²) in [6, 6.07) is -3.99. The highest BCUT2D eigenvalue weighted by Crippen LogP contribution is 2.34. The van der Waals surface area contributed by atoms with Crippen LogP contribution in [0.15, 0.2) is 36.9 Å². The molecule has 4 aliphatic rings. The van der Waals surface area contributed by atoms with Gasteiger partial charge in [0, 0.05) is 25.5 Å². The number of aromatic nitrogens is 4. The van der Waals surface area contributed by atoms with Gasteiger partial charge in [0.2, 0.25) is 0 Å². The summed E-state index contributed by atoms with van der Waals surface area (Å²) in [6.45, 7) is -0.512. The Kier molecular flexibility index (Phi) is 5.91. The van der Waals surface area contributed by atoms with Crippen LogP contribution in [0, 0.1) is 0 Å². The summed E-state index contributed by atoms with van der Waals surface area (Å²) in [4.78, 5) is 27.7. The molecule has 4 bridgehead atoms. The number of carbonyl (C=O) groups excluding carboxylic acids is 2. The molecule has 0 aromatic carbocycles. The molecule has 0 aliphatic carbocycles. The van der Waals surface area contributed by atoms with Crippen LogP contribution >= 0.6 is 0 Å². The quantitative estimate of drug-likeness (QED) is 0.453. The van der Waals surface area contributed by atoms with Gasteiger partial charge < -0.3 is 9.80 Å². The van der Waals surface area contributed by atoms with Gasteiger partial charge in [-0.2, -0.15) is 55.1 Å². The molecule has 0 radical (unpaired) electrons. The number of fused-ring (bicyclic) bond motifs is 4. The lowest BCUT2D eigenvalue weighted by molar-refractivity contribution is -0.138. The van der Waals surface area contributed by atoms with Crippen molar-refractivity contribution < 1.29 is 52.9 Å². The number of hydroxylamine groups is 4. The van der Waals surface area contributed by atoms with Crippen molar-refractivity contribution in [2.75, 3.05) is 26.2 Å². The van der Waals surface area contributed by atoms with E-state index in [2.05, 4.69) is 10.2 Å². The summed E-state index contributed by atoms with van der Waals surface area (Å²) >= 11 is 0. The second-order valence-corrected chi connectivity index (χ2v) is 10.4. The predicted octanol–water partition coefficient (Wildman–Crippen LogP) is 1.85. The molecule has 21 heteroatoms. The number of halogens is 6. The summed E-state index contributed by atoms with van der Waals surface area (Å²) in [7, 11) is -5.13. The van der Waals surface area contributed by atoms with Crippen LogP contribution in [0.2, 0.25) is 0 Å². The van der Waals surface area contributed by atoms with E-state index in [1.165, 1.54) is 12.2 Å². The van der Waals surface area contributed by atoms with Crippen molar-refractivity contribution in [2.45, 2.75) is 24.4 Å². The number of hydrogen-bond donors (Lipinski definition) is 0. The van der Waals surface area contributed by atoms with Crippen molar-refractivity contribution in [1.82, 2.24) is 39.5 Å². The van der Waals surface area contributed by atoms with Gasteiger partial charge in [-0.1, -0.05) is 0 Å². The first-order valence-corrected chi connectivity index (χ1v) is 12.9. The molecule has 0 N–H and O–H groups in total. The Morgan fingerprint density at radius 2 is 1.12 bits per heavy atom. The number of rotatable bonds is 6. The maximum Gasteiger partial charge on any atom is 0.442 e. The Morgan fingerprint density at radius 3 is 1.46 bits per heavy atom. The molecule has 2 unspecified atom stereocenters. The third kappa shape index (κ3) is 4.88. The Balaban J connectivity index is 1.17. The number of nitrogens with zero attached hydrogens (tertiary/aromatic N) is 8. The molecule has 41 heavy (non-hydrogen) atoms. The summed E-state index contributed by atoms with van der Waals surface area (Å²) in [6.07, 6.45) is -4.06. The van der Waals surface area contributed by atoms with Crippen molar-refractivity contribution in [3.05, 3.63) is 48.1 Å². The average Bonchev–Trinajstić information content (AvgIpc) is 3.66. The molecule has 0 spiro atoms. The fraction of sp³-hybridized carbons (Fsp3) is 0.400. The fourth-order valence-electron chi connectivity index (χ4n) is 4.70. The number of hydrogen-bond acceptors (Lipinski definition) is 8. The topological polar surface area (TPSA) is 135 Å². The molecule has 2 aromatic rings. The van der Waals surface area contributed by atoms with Crippen LogP contribution in [0.25, 0.3) is 11.4 Å². The van der Waals surface area contributed by atoms with Crippen LogP contribution in [0.3, 0.4) is 0 Å². The SMILES string of the molecule is O=C1N2CC(n3cc(C(F)(F)F)cn3)=CC(C2)N1OS(=O)(=O)ON1C(=O)N2CC(n3cc(C(F)(F)F)cn3)=CC1C2. The van der Waals surface area contributed by atoms with Crippen molar-refractivity contribution in [1.29, 1.82) is 0 Å². The van der Waals surface area contributed by atoms with E-state index in [1.54, 1.807) is 0 Å². The minimum absolute atomic E-state index is 0.0554. The maximum absolute atomic E-state index is 12.9. The average molecular weight is 610 g/mol. The van der Waals surface area contributed by atoms with Crippen LogP contribution in [0.4, 0.5) is 35.9 Å². The number of alkyl halides is 6. The first kappa shape index (κ1) is 27.1. The number of urea groups is 2. The molecule has 4 aliphatic heterocycles. The molecule has 2 aromatic heterocycles. The van der Waals surface area contributed by atoms with Crippen LogP contribution in [-0.4, -0.2) is 98.2 Å². The van der Waals surface area contributed by atoms with E-state index >= 15 is 0 Å². The molecule has 6 rings (SSSR count). The molecule has 2 fully saturated rings.